The van der Waals surface area contributed by atoms with Crippen LogP contribution in [0.5, 0.6) is 5.75 Å². The summed E-state index contributed by atoms with van der Waals surface area (Å²) in [5.74, 6) is -1.45. The van der Waals surface area contributed by atoms with Crippen molar-refractivity contribution in [2.45, 2.75) is 44.8 Å². The fourth-order valence-electron chi connectivity index (χ4n) is 1.97. The summed E-state index contributed by atoms with van der Waals surface area (Å²) in [5, 5.41) is 9.21. The van der Waals surface area contributed by atoms with Gasteiger partial charge in [-0.25, -0.2) is 4.39 Å². The molecule has 1 saturated heterocycles. The van der Waals surface area contributed by atoms with Gasteiger partial charge in [-0.2, -0.15) is 0 Å². The van der Waals surface area contributed by atoms with Crippen molar-refractivity contribution in [3.05, 3.63) is 29.6 Å². The van der Waals surface area contributed by atoms with Gasteiger partial charge in [-0.3, -0.25) is 0 Å². The highest BCUT2D eigenvalue weighted by molar-refractivity contribution is 6.47. The van der Waals surface area contributed by atoms with Crippen LogP contribution in [0.25, 0.3) is 0 Å². The first-order chi connectivity index (χ1) is 8.64. The number of hydrogen-bond acceptors (Lipinski definition) is 4. The molecule has 0 spiro atoms. The summed E-state index contributed by atoms with van der Waals surface area (Å²) in [6.07, 6.45) is 0. The number of aromatic hydroxyl groups is 1. The van der Waals surface area contributed by atoms with Gasteiger partial charge in [-0.1, -0.05) is 6.07 Å². The predicted molar refractivity (Wildman–Crippen MR) is 71.1 cm³/mol. The van der Waals surface area contributed by atoms with E-state index in [1.165, 1.54) is 12.1 Å². The van der Waals surface area contributed by atoms with Gasteiger partial charge in [-0.15, -0.1) is 0 Å². The molecule has 1 atom stereocenters. The topological polar surface area (TPSA) is 64.7 Å². The Labute approximate surface area is 112 Å². The average Bonchev–Trinajstić information content (AvgIpc) is 2.47. The summed E-state index contributed by atoms with van der Waals surface area (Å²) >= 11 is 0. The number of phenolic OH excluding ortho intramolecular Hbond substituents is 1. The molecule has 0 bridgehead atoms. The molecule has 1 aliphatic heterocycles. The zero-order valence-corrected chi connectivity index (χ0v) is 11.6. The van der Waals surface area contributed by atoms with E-state index in [1.54, 1.807) is 0 Å². The lowest BCUT2D eigenvalue weighted by Gasteiger charge is -2.32. The van der Waals surface area contributed by atoms with E-state index in [0.717, 1.165) is 6.07 Å². The van der Waals surface area contributed by atoms with Crippen molar-refractivity contribution in [3.8, 4) is 5.75 Å². The van der Waals surface area contributed by atoms with Crippen molar-refractivity contribution in [2.75, 3.05) is 0 Å². The van der Waals surface area contributed by atoms with Crippen LogP contribution in [0.15, 0.2) is 18.2 Å². The maximum absolute atomic E-state index is 13.8. The highest BCUT2D eigenvalue weighted by atomic mass is 19.1. The van der Waals surface area contributed by atoms with Crippen LogP contribution >= 0.6 is 0 Å². The Morgan fingerprint density at radius 2 is 1.74 bits per heavy atom. The molecular formula is C13H19BFNO3. The van der Waals surface area contributed by atoms with Crippen molar-refractivity contribution >= 4 is 7.12 Å². The Kier molecular flexibility index (Phi) is 3.37. The molecular weight excluding hydrogens is 248 g/mol. The van der Waals surface area contributed by atoms with Crippen LogP contribution in [0.1, 0.15) is 39.2 Å². The molecule has 1 aromatic carbocycles. The molecule has 2 rings (SSSR count). The summed E-state index contributed by atoms with van der Waals surface area (Å²) in [6.45, 7) is 7.64. The second-order valence-electron chi connectivity index (χ2n) is 5.86. The molecule has 4 nitrogen and oxygen atoms in total. The van der Waals surface area contributed by atoms with Crippen LogP contribution in [-0.2, 0) is 9.31 Å². The molecule has 1 aromatic rings. The smallest absolute Gasteiger partial charge is 0.480 e. The first-order valence-electron chi connectivity index (χ1n) is 6.24. The monoisotopic (exact) mass is 267 g/mol. The summed E-state index contributed by atoms with van der Waals surface area (Å²) in [6, 6.07) is 3.87. The third kappa shape index (κ3) is 2.48. The predicted octanol–water partition coefficient (Wildman–Crippen LogP) is 2.16. The second kappa shape index (κ2) is 4.47. The maximum Gasteiger partial charge on any atom is 0.480 e. The number of benzene rings is 1. The highest BCUT2D eigenvalue weighted by Crippen LogP contribution is 2.39. The molecule has 0 saturated carbocycles. The SMILES string of the molecule is CC1(C)OB([C@H](N)c2ccc(O)cc2F)OC1(C)C. The van der Waals surface area contributed by atoms with E-state index in [9.17, 15) is 9.50 Å². The zero-order chi connectivity index (χ0) is 14.4. The van der Waals surface area contributed by atoms with Gasteiger partial charge in [0, 0.05) is 11.6 Å². The van der Waals surface area contributed by atoms with Crippen molar-refractivity contribution in [2.24, 2.45) is 5.73 Å². The summed E-state index contributed by atoms with van der Waals surface area (Å²) < 4.78 is 25.4. The van der Waals surface area contributed by atoms with Crippen LogP contribution in [0.3, 0.4) is 0 Å². The molecule has 0 aliphatic carbocycles. The standard InChI is InChI=1S/C13H19BFNO3/c1-12(2)13(3,4)19-14(18-12)11(16)9-6-5-8(17)7-10(9)15/h5-7,11,17H,16H2,1-4H3/t11-/m1/s1. The van der Waals surface area contributed by atoms with Crippen LogP contribution in [0.4, 0.5) is 4.39 Å². The molecule has 19 heavy (non-hydrogen) atoms. The fraction of sp³-hybridized carbons (Fsp3) is 0.538. The molecule has 6 heteroatoms. The lowest BCUT2D eigenvalue weighted by molar-refractivity contribution is 0.00578. The van der Waals surface area contributed by atoms with Gasteiger partial charge >= 0.3 is 7.12 Å². The Balaban J connectivity index is 2.24. The van der Waals surface area contributed by atoms with Crippen molar-refractivity contribution < 1.29 is 18.8 Å². The molecule has 1 heterocycles. The number of nitrogens with two attached hydrogens (primary N) is 1. The lowest BCUT2D eigenvalue weighted by Crippen LogP contribution is -2.41. The van der Waals surface area contributed by atoms with Crippen molar-refractivity contribution in [1.82, 2.24) is 0 Å². The van der Waals surface area contributed by atoms with Crippen LogP contribution in [-0.4, -0.2) is 23.4 Å². The van der Waals surface area contributed by atoms with Crippen molar-refractivity contribution in [3.63, 3.8) is 0 Å². The third-order valence-corrected chi connectivity index (χ3v) is 3.91. The van der Waals surface area contributed by atoms with Gasteiger partial charge in [0.1, 0.15) is 11.6 Å². The molecule has 0 radical (unpaired) electrons. The Bertz CT molecular complexity index is 477. The second-order valence-corrected chi connectivity index (χ2v) is 5.86. The first-order valence-corrected chi connectivity index (χ1v) is 6.24. The maximum atomic E-state index is 13.8. The van der Waals surface area contributed by atoms with E-state index in [1.807, 2.05) is 27.7 Å². The van der Waals surface area contributed by atoms with Gasteiger partial charge in [-0.05, 0) is 33.8 Å². The molecule has 0 unspecified atom stereocenters. The Morgan fingerprint density at radius 3 is 2.21 bits per heavy atom. The largest absolute Gasteiger partial charge is 0.508 e. The minimum absolute atomic E-state index is 0.137. The fourth-order valence-corrected chi connectivity index (χ4v) is 1.97. The normalized spacial score (nSPS) is 22.5. The Morgan fingerprint density at radius 1 is 1.21 bits per heavy atom. The first kappa shape index (κ1) is 14.3. The van der Waals surface area contributed by atoms with Crippen LogP contribution in [0, 0.1) is 5.82 Å². The van der Waals surface area contributed by atoms with Gasteiger partial charge in [0.25, 0.3) is 0 Å². The van der Waals surface area contributed by atoms with Gasteiger partial charge in [0.2, 0.25) is 0 Å². The molecule has 1 aliphatic rings. The summed E-state index contributed by atoms with van der Waals surface area (Å²) in [5.41, 5.74) is 5.26. The lowest BCUT2D eigenvalue weighted by atomic mass is 9.74. The van der Waals surface area contributed by atoms with E-state index in [2.05, 4.69) is 0 Å². The number of phenols is 1. The number of halogens is 1. The van der Waals surface area contributed by atoms with Crippen molar-refractivity contribution in [1.29, 1.82) is 0 Å². The zero-order valence-electron chi connectivity index (χ0n) is 11.6. The van der Waals surface area contributed by atoms with E-state index in [4.69, 9.17) is 15.0 Å². The molecule has 0 aromatic heterocycles. The van der Waals surface area contributed by atoms with E-state index in [0.29, 0.717) is 0 Å². The van der Waals surface area contributed by atoms with Gasteiger partial charge in [0.15, 0.2) is 0 Å². The minimum Gasteiger partial charge on any atom is -0.508 e. The third-order valence-electron chi connectivity index (χ3n) is 3.91. The van der Waals surface area contributed by atoms with E-state index < -0.39 is 30.1 Å². The molecule has 0 amide bonds. The molecule has 3 N–H and O–H groups in total. The number of rotatable bonds is 2. The quantitative estimate of drug-likeness (QED) is 0.806. The van der Waals surface area contributed by atoms with Crippen LogP contribution in [0.2, 0.25) is 0 Å². The molecule has 104 valence electrons. The highest BCUT2D eigenvalue weighted by Gasteiger charge is 2.53. The number of hydrogen-bond donors (Lipinski definition) is 2. The van der Waals surface area contributed by atoms with E-state index >= 15 is 0 Å². The van der Waals surface area contributed by atoms with Gasteiger partial charge < -0.3 is 20.1 Å². The molecule has 1 fully saturated rings. The summed E-state index contributed by atoms with van der Waals surface area (Å²) in [7, 11) is -0.718. The average molecular weight is 267 g/mol. The van der Waals surface area contributed by atoms with Gasteiger partial charge in [0.05, 0.1) is 17.1 Å². The van der Waals surface area contributed by atoms with Crippen LogP contribution < -0.4 is 5.73 Å². The minimum atomic E-state index is -0.748. The Hall–Kier alpha value is -1.11. The van der Waals surface area contributed by atoms with E-state index in [-0.39, 0.29) is 11.3 Å². The summed E-state index contributed by atoms with van der Waals surface area (Å²) in [4.78, 5) is 0.